The van der Waals surface area contributed by atoms with Gasteiger partial charge >= 0.3 is 0 Å². The molecule has 0 saturated heterocycles. The van der Waals surface area contributed by atoms with Crippen molar-refractivity contribution in [3.8, 4) is 0 Å². The Morgan fingerprint density at radius 3 is 2.73 bits per heavy atom. The summed E-state index contributed by atoms with van der Waals surface area (Å²) in [5, 5.41) is 13.0. The molecule has 1 aromatic carbocycles. The third kappa shape index (κ3) is 3.01. The van der Waals surface area contributed by atoms with Gasteiger partial charge in [0.1, 0.15) is 5.82 Å². The van der Waals surface area contributed by atoms with Crippen molar-refractivity contribution in [2.24, 2.45) is 5.41 Å². The molecule has 0 radical (unpaired) electrons. The van der Waals surface area contributed by atoms with Crippen LogP contribution in [0.1, 0.15) is 45.3 Å². The highest BCUT2D eigenvalue weighted by molar-refractivity contribution is 5.77. The molecule has 122 valence electrons. The lowest BCUT2D eigenvalue weighted by Gasteiger charge is -2.59. The van der Waals surface area contributed by atoms with Crippen molar-refractivity contribution < 1.29 is 19.0 Å². The Hall–Kier alpha value is -1.46. The van der Waals surface area contributed by atoms with Crippen LogP contribution >= 0.6 is 0 Å². The fraction of sp³-hybridized carbons (Fsp3) is 0.588. The molecular weight excluding hydrogens is 285 g/mol. The minimum Gasteiger partial charge on any atom is -0.388 e. The van der Waals surface area contributed by atoms with Crippen molar-refractivity contribution in [2.45, 2.75) is 51.4 Å². The van der Waals surface area contributed by atoms with Crippen molar-refractivity contribution in [1.82, 2.24) is 5.32 Å². The molecule has 1 aliphatic rings. The van der Waals surface area contributed by atoms with E-state index in [9.17, 15) is 14.3 Å². The van der Waals surface area contributed by atoms with Crippen LogP contribution in [0.25, 0.3) is 0 Å². The van der Waals surface area contributed by atoms with Crippen LogP contribution in [0.2, 0.25) is 0 Å². The van der Waals surface area contributed by atoms with E-state index in [2.05, 4.69) is 5.32 Å². The molecule has 22 heavy (non-hydrogen) atoms. The van der Waals surface area contributed by atoms with E-state index >= 15 is 0 Å². The second-order valence-electron chi connectivity index (χ2n) is 6.76. The number of benzene rings is 1. The molecule has 3 unspecified atom stereocenters. The molecular formula is C17H24FNO3. The Kier molecular flexibility index (Phi) is 4.59. The Balaban J connectivity index is 1.92. The maximum absolute atomic E-state index is 13.1. The van der Waals surface area contributed by atoms with Crippen molar-refractivity contribution in [3.63, 3.8) is 0 Å². The molecule has 2 rings (SSSR count). The van der Waals surface area contributed by atoms with Gasteiger partial charge in [0.2, 0.25) is 5.91 Å². The zero-order valence-electron chi connectivity index (χ0n) is 13.5. The van der Waals surface area contributed by atoms with Crippen LogP contribution in [-0.2, 0) is 9.53 Å². The van der Waals surface area contributed by atoms with Gasteiger partial charge in [0.25, 0.3) is 0 Å². The van der Waals surface area contributed by atoms with E-state index in [1.807, 2.05) is 20.8 Å². The molecule has 4 nitrogen and oxygen atoms in total. The van der Waals surface area contributed by atoms with Crippen LogP contribution < -0.4 is 5.32 Å². The highest BCUT2D eigenvalue weighted by Gasteiger charge is 2.58. The van der Waals surface area contributed by atoms with Crippen molar-refractivity contribution in [1.29, 1.82) is 0 Å². The highest BCUT2D eigenvalue weighted by Crippen LogP contribution is 2.51. The number of nitrogens with one attached hydrogen (secondary N) is 1. The first-order chi connectivity index (χ1) is 10.2. The second-order valence-corrected chi connectivity index (χ2v) is 6.76. The van der Waals surface area contributed by atoms with E-state index in [1.54, 1.807) is 13.2 Å². The maximum atomic E-state index is 13.1. The van der Waals surface area contributed by atoms with Gasteiger partial charge in [0, 0.05) is 18.6 Å². The third-order valence-corrected chi connectivity index (χ3v) is 5.23. The first-order valence-corrected chi connectivity index (χ1v) is 7.47. The monoisotopic (exact) mass is 309 g/mol. The topological polar surface area (TPSA) is 58.6 Å². The summed E-state index contributed by atoms with van der Waals surface area (Å²) in [6.07, 6.45) is -0.356. The number of amides is 1. The van der Waals surface area contributed by atoms with Crippen LogP contribution in [0.5, 0.6) is 0 Å². The minimum absolute atomic E-state index is 0.00431. The fourth-order valence-electron chi connectivity index (χ4n) is 2.98. The first-order valence-electron chi connectivity index (χ1n) is 7.47. The fourth-order valence-corrected chi connectivity index (χ4v) is 2.98. The molecule has 1 amide bonds. The van der Waals surface area contributed by atoms with Crippen LogP contribution in [-0.4, -0.2) is 29.8 Å². The normalized spacial score (nSPS) is 27.8. The van der Waals surface area contributed by atoms with E-state index in [-0.39, 0.29) is 29.4 Å². The summed E-state index contributed by atoms with van der Waals surface area (Å²) >= 11 is 0. The molecule has 0 heterocycles. The van der Waals surface area contributed by atoms with Crippen molar-refractivity contribution in [3.05, 3.63) is 35.6 Å². The Morgan fingerprint density at radius 1 is 1.50 bits per heavy atom. The Labute approximate surface area is 130 Å². The summed E-state index contributed by atoms with van der Waals surface area (Å²) < 4.78 is 18.7. The van der Waals surface area contributed by atoms with E-state index < -0.39 is 11.9 Å². The van der Waals surface area contributed by atoms with Gasteiger partial charge in [-0.1, -0.05) is 26.0 Å². The largest absolute Gasteiger partial charge is 0.388 e. The summed E-state index contributed by atoms with van der Waals surface area (Å²) in [5.74, 6) is -0.666. The lowest BCUT2D eigenvalue weighted by molar-refractivity contribution is -0.182. The summed E-state index contributed by atoms with van der Waals surface area (Å²) in [6.45, 7) is 6.12. The van der Waals surface area contributed by atoms with Gasteiger partial charge in [-0.3, -0.25) is 4.79 Å². The van der Waals surface area contributed by atoms with E-state index in [0.29, 0.717) is 5.56 Å². The molecule has 1 fully saturated rings. The Morgan fingerprint density at radius 2 is 2.18 bits per heavy atom. The molecule has 0 spiro atoms. The zero-order valence-corrected chi connectivity index (χ0v) is 13.5. The molecule has 1 aliphatic carbocycles. The van der Waals surface area contributed by atoms with Gasteiger partial charge in [-0.25, -0.2) is 4.39 Å². The number of carbonyl (C=O) groups excluding carboxylic acids is 1. The molecule has 5 heteroatoms. The number of halogens is 1. The average Bonchev–Trinajstić information content (AvgIpc) is 2.46. The predicted octanol–water partition coefficient (Wildman–Crippen LogP) is 2.57. The number of aliphatic hydroxyl groups is 1. The highest BCUT2D eigenvalue weighted by atomic mass is 19.1. The molecule has 0 aromatic heterocycles. The number of carbonyl (C=O) groups is 1. The molecule has 1 aromatic rings. The standard InChI is InChI=1S/C17H24FNO3/c1-16(2)14(10-17(16,3)22-4)19-15(21)9-13(20)11-6-5-7-12(18)8-11/h5-8,13-14,20H,9-10H2,1-4H3,(H,19,21). The quantitative estimate of drug-likeness (QED) is 0.879. The summed E-state index contributed by atoms with van der Waals surface area (Å²) in [4.78, 5) is 12.1. The maximum Gasteiger partial charge on any atom is 0.223 e. The number of hydrogen-bond donors (Lipinski definition) is 2. The molecule has 2 N–H and O–H groups in total. The minimum atomic E-state index is -1.01. The smallest absolute Gasteiger partial charge is 0.223 e. The summed E-state index contributed by atoms with van der Waals surface area (Å²) in [7, 11) is 1.67. The predicted molar refractivity (Wildman–Crippen MR) is 81.7 cm³/mol. The second kappa shape index (κ2) is 5.97. The lowest BCUT2D eigenvalue weighted by atomic mass is 9.56. The number of methoxy groups -OCH3 is 1. The molecule has 1 saturated carbocycles. The van der Waals surface area contributed by atoms with Gasteiger partial charge in [-0.15, -0.1) is 0 Å². The average molecular weight is 309 g/mol. The first kappa shape index (κ1) is 16.9. The van der Waals surface area contributed by atoms with Crippen molar-refractivity contribution in [2.75, 3.05) is 7.11 Å². The summed E-state index contributed by atoms with van der Waals surface area (Å²) in [6, 6.07) is 5.68. The van der Waals surface area contributed by atoms with Gasteiger partial charge in [0.05, 0.1) is 18.1 Å². The van der Waals surface area contributed by atoms with Crippen LogP contribution in [0.4, 0.5) is 4.39 Å². The van der Waals surface area contributed by atoms with E-state index in [0.717, 1.165) is 6.42 Å². The van der Waals surface area contributed by atoms with Crippen LogP contribution in [0.15, 0.2) is 24.3 Å². The van der Waals surface area contributed by atoms with Crippen molar-refractivity contribution >= 4 is 5.91 Å². The van der Waals surface area contributed by atoms with Gasteiger partial charge in [-0.2, -0.15) is 0 Å². The number of hydrogen-bond acceptors (Lipinski definition) is 3. The molecule has 0 aliphatic heterocycles. The Bertz CT molecular complexity index is 561. The van der Waals surface area contributed by atoms with Crippen LogP contribution in [0.3, 0.4) is 0 Å². The van der Waals surface area contributed by atoms with Gasteiger partial charge < -0.3 is 15.2 Å². The van der Waals surface area contributed by atoms with E-state index in [4.69, 9.17) is 4.74 Å². The third-order valence-electron chi connectivity index (χ3n) is 5.23. The van der Waals surface area contributed by atoms with Crippen LogP contribution in [0, 0.1) is 11.2 Å². The lowest BCUT2D eigenvalue weighted by Crippen LogP contribution is -2.68. The molecule has 3 atom stereocenters. The molecule has 0 bridgehead atoms. The number of rotatable bonds is 5. The zero-order chi connectivity index (χ0) is 16.5. The number of ether oxygens (including phenoxy) is 1. The van der Waals surface area contributed by atoms with E-state index in [1.165, 1.54) is 18.2 Å². The SMILES string of the molecule is COC1(C)CC(NC(=O)CC(O)c2cccc(F)c2)C1(C)C. The number of aliphatic hydroxyl groups excluding tert-OH is 1. The van der Waals surface area contributed by atoms with Gasteiger partial charge in [0.15, 0.2) is 0 Å². The summed E-state index contributed by atoms with van der Waals surface area (Å²) in [5.41, 5.74) is -0.0300. The van der Waals surface area contributed by atoms with Gasteiger partial charge in [-0.05, 0) is 31.0 Å².